The van der Waals surface area contributed by atoms with Crippen molar-refractivity contribution < 1.29 is 14.3 Å². The second-order valence-electron chi connectivity index (χ2n) is 3.99. The van der Waals surface area contributed by atoms with E-state index in [1.807, 2.05) is 11.8 Å². The number of hydrogen-bond donors (Lipinski definition) is 1. The first kappa shape index (κ1) is 13.0. The van der Waals surface area contributed by atoms with E-state index in [0.717, 1.165) is 25.8 Å². The first-order valence-electron chi connectivity index (χ1n) is 5.87. The molecule has 92 valence electrons. The number of esters is 1. The lowest BCUT2D eigenvalue weighted by atomic mass is 10.3. The van der Waals surface area contributed by atoms with E-state index < -0.39 is 0 Å². The molecule has 5 nitrogen and oxygen atoms in total. The fourth-order valence-electron chi connectivity index (χ4n) is 1.56. The maximum absolute atomic E-state index is 11.4. The third-order valence-corrected chi connectivity index (χ3v) is 2.45. The van der Waals surface area contributed by atoms with Gasteiger partial charge in [0.15, 0.2) is 0 Å². The average molecular weight is 228 g/mol. The predicted octanol–water partition coefficient (Wildman–Crippen LogP) is 0.152. The molecule has 0 aliphatic carbocycles. The van der Waals surface area contributed by atoms with E-state index in [9.17, 15) is 9.59 Å². The molecule has 1 amide bonds. The summed E-state index contributed by atoms with van der Waals surface area (Å²) in [6, 6.07) is 0. The zero-order valence-electron chi connectivity index (χ0n) is 9.83. The lowest BCUT2D eigenvalue weighted by molar-refractivity contribution is -0.145. The molecule has 1 aliphatic rings. The van der Waals surface area contributed by atoms with Crippen molar-refractivity contribution in [3.63, 3.8) is 0 Å². The standard InChI is InChI=1S/C11H20N2O3/c1-2-3-7-16-11(15)9-13-6-4-5-12-10(14)8-13/h2-9H2,1H3,(H,12,14). The van der Waals surface area contributed by atoms with Crippen LogP contribution in [-0.2, 0) is 14.3 Å². The van der Waals surface area contributed by atoms with Gasteiger partial charge in [0, 0.05) is 13.1 Å². The highest BCUT2D eigenvalue weighted by Gasteiger charge is 2.17. The van der Waals surface area contributed by atoms with Crippen molar-refractivity contribution in [2.75, 3.05) is 32.8 Å². The van der Waals surface area contributed by atoms with Gasteiger partial charge in [0.1, 0.15) is 0 Å². The minimum Gasteiger partial charge on any atom is -0.465 e. The summed E-state index contributed by atoms with van der Waals surface area (Å²) in [6.07, 6.45) is 2.79. The van der Waals surface area contributed by atoms with Gasteiger partial charge in [-0.1, -0.05) is 13.3 Å². The predicted molar refractivity (Wildman–Crippen MR) is 59.9 cm³/mol. The van der Waals surface area contributed by atoms with Gasteiger partial charge in [-0.2, -0.15) is 0 Å². The Labute approximate surface area is 96.1 Å². The van der Waals surface area contributed by atoms with Gasteiger partial charge in [0.2, 0.25) is 5.91 Å². The molecule has 1 N–H and O–H groups in total. The maximum Gasteiger partial charge on any atom is 0.320 e. The van der Waals surface area contributed by atoms with E-state index in [-0.39, 0.29) is 18.4 Å². The van der Waals surface area contributed by atoms with Crippen molar-refractivity contribution in [3.05, 3.63) is 0 Å². The molecule has 0 unspecified atom stereocenters. The molecular weight excluding hydrogens is 208 g/mol. The van der Waals surface area contributed by atoms with Gasteiger partial charge in [0.25, 0.3) is 0 Å². The maximum atomic E-state index is 11.4. The van der Waals surface area contributed by atoms with Crippen molar-refractivity contribution in [2.24, 2.45) is 0 Å². The SMILES string of the molecule is CCCCOC(=O)CN1CCCNC(=O)C1. The Morgan fingerprint density at radius 1 is 1.56 bits per heavy atom. The van der Waals surface area contributed by atoms with Crippen molar-refractivity contribution in [3.8, 4) is 0 Å². The van der Waals surface area contributed by atoms with E-state index in [2.05, 4.69) is 5.32 Å². The summed E-state index contributed by atoms with van der Waals surface area (Å²) in [5.41, 5.74) is 0. The zero-order chi connectivity index (χ0) is 11.8. The van der Waals surface area contributed by atoms with Crippen molar-refractivity contribution in [1.29, 1.82) is 0 Å². The number of nitrogens with zero attached hydrogens (tertiary/aromatic N) is 1. The average Bonchev–Trinajstić information content (AvgIpc) is 2.43. The summed E-state index contributed by atoms with van der Waals surface area (Å²) in [4.78, 5) is 24.5. The minimum atomic E-state index is -0.233. The molecule has 0 atom stereocenters. The summed E-state index contributed by atoms with van der Waals surface area (Å²) in [5, 5.41) is 2.77. The van der Waals surface area contributed by atoms with Gasteiger partial charge in [-0.3, -0.25) is 14.5 Å². The molecule has 16 heavy (non-hydrogen) atoms. The third-order valence-electron chi connectivity index (χ3n) is 2.45. The van der Waals surface area contributed by atoms with Crippen LogP contribution in [-0.4, -0.2) is 49.6 Å². The summed E-state index contributed by atoms with van der Waals surface area (Å²) in [5.74, 6) is -0.248. The number of hydrogen-bond acceptors (Lipinski definition) is 4. The van der Waals surface area contributed by atoms with Crippen LogP contribution >= 0.6 is 0 Å². The first-order chi connectivity index (χ1) is 7.72. The molecule has 5 heteroatoms. The topological polar surface area (TPSA) is 58.6 Å². The number of unbranched alkanes of at least 4 members (excludes halogenated alkanes) is 1. The van der Waals surface area contributed by atoms with E-state index in [4.69, 9.17) is 4.74 Å². The van der Waals surface area contributed by atoms with Crippen LogP contribution in [0.4, 0.5) is 0 Å². The van der Waals surface area contributed by atoms with Crippen LogP contribution < -0.4 is 5.32 Å². The van der Waals surface area contributed by atoms with Crippen LogP contribution in [0.15, 0.2) is 0 Å². The van der Waals surface area contributed by atoms with Crippen molar-refractivity contribution in [2.45, 2.75) is 26.2 Å². The molecule has 0 aromatic carbocycles. The van der Waals surface area contributed by atoms with Crippen LogP contribution in [0.25, 0.3) is 0 Å². The number of carbonyl (C=O) groups excluding carboxylic acids is 2. The molecular formula is C11H20N2O3. The summed E-state index contributed by atoms with van der Waals surface area (Å²) >= 11 is 0. The highest BCUT2D eigenvalue weighted by atomic mass is 16.5. The smallest absolute Gasteiger partial charge is 0.320 e. The van der Waals surface area contributed by atoms with Crippen LogP contribution in [0.1, 0.15) is 26.2 Å². The van der Waals surface area contributed by atoms with Crippen LogP contribution in [0.3, 0.4) is 0 Å². The van der Waals surface area contributed by atoms with E-state index in [1.54, 1.807) is 0 Å². The molecule has 0 aromatic rings. The molecule has 1 heterocycles. The zero-order valence-corrected chi connectivity index (χ0v) is 9.83. The van der Waals surface area contributed by atoms with Gasteiger partial charge in [-0.05, 0) is 12.8 Å². The lowest BCUT2D eigenvalue weighted by Gasteiger charge is -2.16. The molecule has 1 fully saturated rings. The second-order valence-corrected chi connectivity index (χ2v) is 3.99. The van der Waals surface area contributed by atoms with Crippen LogP contribution in [0.2, 0.25) is 0 Å². The van der Waals surface area contributed by atoms with Crippen molar-refractivity contribution >= 4 is 11.9 Å². The largest absolute Gasteiger partial charge is 0.465 e. The molecule has 1 rings (SSSR count). The Morgan fingerprint density at radius 3 is 3.12 bits per heavy atom. The molecule has 1 aliphatic heterocycles. The summed E-state index contributed by atoms with van der Waals surface area (Å²) in [7, 11) is 0. The van der Waals surface area contributed by atoms with E-state index in [0.29, 0.717) is 19.7 Å². The van der Waals surface area contributed by atoms with Gasteiger partial charge >= 0.3 is 5.97 Å². The van der Waals surface area contributed by atoms with E-state index in [1.165, 1.54) is 0 Å². The fraction of sp³-hybridized carbons (Fsp3) is 0.818. The minimum absolute atomic E-state index is 0.0149. The van der Waals surface area contributed by atoms with Gasteiger partial charge in [-0.15, -0.1) is 0 Å². The highest BCUT2D eigenvalue weighted by Crippen LogP contribution is 1.97. The van der Waals surface area contributed by atoms with Gasteiger partial charge in [0.05, 0.1) is 19.7 Å². The Bertz CT molecular complexity index is 243. The molecule has 0 spiro atoms. The number of rotatable bonds is 5. The van der Waals surface area contributed by atoms with Crippen LogP contribution in [0, 0.1) is 0 Å². The molecule has 0 bridgehead atoms. The Morgan fingerprint density at radius 2 is 2.38 bits per heavy atom. The molecule has 0 saturated carbocycles. The fourth-order valence-corrected chi connectivity index (χ4v) is 1.56. The quantitative estimate of drug-likeness (QED) is 0.537. The third kappa shape index (κ3) is 5.11. The summed E-state index contributed by atoms with van der Waals surface area (Å²) in [6.45, 7) is 4.50. The number of ether oxygens (including phenoxy) is 1. The van der Waals surface area contributed by atoms with Gasteiger partial charge in [-0.25, -0.2) is 0 Å². The number of amides is 1. The Balaban J connectivity index is 2.23. The lowest BCUT2D eigenvalue weighted by Crippen LogP contribution is -2.37. The Kier molecular flexibility index (Phi) is 5.85. The van der Waals surface area contributed by atoms with Crippen molar-refractivity contribution in [1.82, 2.24) is 10.2 Å². The monoisotopic (exact) mass is 228 g/mol. The van der Waals surface area contributed by atoms with Crippen LogP contribution in [0.5, 0.6) is 0 Å². The van der Waals surface area contributed by atoms with Gasteiger partial charge < -0.3 is 10.1 Å². The summed E-state index contributed by atoms with van der Waals surface area (Å²) < 4.78 is 5.05. The highest BCUT2D eigenvalue weighted by molar-refractivity contribution is 5.79. The van der Waals surface area contributed by atoms with E-state index >= 15 is 0 Å². The molecule has 0 aromatic heterocycles. The first-order valence-corrected chi connectivity index (χ1v) is 5.87. The second kappa shape index (κ2) is 7.22. The number of carbonyl (C=O) groups is 2. The Hall–Kier alpha value is -1.10. The normalized spacial score (nSPS) is 17.7. The molecule has 0 radical (unpaired) electrons. The number of nitrogens with one attached hydrogen (secondary N) is 1. The molecule has 1 saturated heterocycles.